The van der Waals surface area contributed by atoms with Crippen LogP contribution in [0, 0.1) is 0 Å². The largest absolute Gasteiger partial charge is 0.495 e. The summed E-state index contributed by atoms with van der Waals surface area (Å²) < 4.78 is 28.7. The van der Waals surface area contributed by atoms with Crippen LogP contribution in [0.2, 0.25) is 0 Å². The van der Waals surface area contributed by atoms with Crippen molar-refractivity contribution in [1.29, 1.82) is 0 Å². The fourth-order valence-electron chi connectivity index (χ4n) is 1.19. The Kier molecular flexibility index (Phi) is 4.04. The van der Waals surface area contributed by atoms with Crippen molar-refractivity contribution in [1.82, 2.24) is 5.32 Å². The summed E-state index contributed by atoms with van der Waals surface area (Å²) in [6.45, 7) is -0.699. The summed E-state index contributed by atoms with van der Waals surface area (Å²) in [7, 11) is 1.41. The summed E-state index contributed by atoms with van der Waals surface area (Å²) >= 11 is 0. The molecule has 0 aliphatic heterocycles. The van der Waals surface area contributed by atoms with Crippen molar-refractivity contribution in [2.45, 2.75) is 6.43 Å². The van der Waals surface area contributed by atoms with Gasteiger partial charge in [0.15, 0.2) is 0 Å². The molecule has 0 atom stereocenters. The molecule has 0 aliphatic carbocycles. The number of hydrogen-bond donors (Lipinski definition) is 2. The second-order valence-corrected chi connectivity index (χ2v) is 3.02. The van der Waals surface area contributed by atoms with E-state index in [-0.39, 0.29) is 11.3 Å². The van der Waals surface area contributed by atoms with Gasteiger partial charge in [-0.15, -0.1) is 0 Å². The number of benzene rings is 1. The van der Waals surface area contributed by atoms with Crippen LogP contribution < -0.4 is 15.8 Å². The van der Waals surface area contributed by atoms with E-state index < -0.39 is 18.9 Å². The number of methoxy groups -OCH3 is 1. The smallest absolute Gasteiger partial charge is 0.255 e. The fraction of sp³-hybridized carbons (Fsp3) is 0.300. The van der Waals surface area contributed by atoms with Crippen LogP contribution in [0.4, 0.5) is 14.5 Å². The highest BCUT2D eigenvalue weighted by molar-refractivity contribution is 6.00. The number of rotatable bonds is 4. The minimum atomic E-state index is -2.59. The minimum Gasteiger partial charge on any atom is -0.495 e. The van der Waals surface area contributed by atoms with Crippen LogP contribution >= 0.6 is 0 Å². The van der Waals surface area contributed by atoms with E-state index in [1.807, 2.05) is 0 Å². The summed E-state index contributed by atoms with van der Waals surface area (Å²) in [4.78, 5) is 11.5. The molecule has 0 bridgehead atoms. The van der Waals surface area contributed by atoms with Gasteiger partial charge < -0.3 is 15.8 Å². The quantitative estimate of drug-likeness (QED) is 0.765. The van der Waals surface area contributed by atoms with Gasteiger partial charge in [0, 0.05) is 0 Å². The molecule has 0 unspecified atom stereocenters. The van der Waals surface area contributed by atoms with Crippen molar-refractivity contribution in [2.24, 2.45) is 0 Å². The van der Waals surface area contributed by atoms with Crippen LogP contribution in [0.1, 0.15) is 10.4 Å². The maximum atomic E-state index is 11.9. The number of nitrogens with two attached hydrogens (primary N) is 1. The Balaban J connectivity index is 2.83. The predicted octanol–water partition coefficient (Wildman–Crippen LogP) is 1.27. The Bertz CT molecular complexity index is 383. The molecule has 0 saturated carbocycles. The summed E-state index contributed by atoms with van der Waals surface area (Å²) in [6, 6.07) is 4.59. The monoisotopic (exact) mass is 230 g/mol. The first kappa shape index (κ1) is 12.2. The van der Waals surface area contributed by atoms with Crippen LogP contribution in [-0.4, -0.2) is 26.0 Å². The van der Waals surface area contributed by atoms with E-state index in [2.05, 4.69) is 5.32 Å². The number of halogens is 2. The molecule has 0 spiro atoms. The van der Waals surface area contributed by atoms with E-state index in [4.69, 9.17) is 10.5 Å². The lowest BCUT2D eigenvalue weighted by molar-refractivity contribution is 0.0892. The number of nitrogens with one attached hydrogen (secondary N) is 1. The number of nitrogen functional groups attached to an aromatic ring is 1. The molecule has 0 saturated heterocycles. The number of alkyl halides is 2. The standard InChI is InChI=1S/C10H12F2N2O2/c1-16-7-4-2-3-6(9(7)13)10(15)14-5-8(11)12/h2-4,8H,5,13H2,1H3,(H,14,15). The number of para-hydroxylation sites is 1. The van der Waals surface area contributed by atoms with Gasteiger partial charge >= 0.3 is 0 Å². The van der Waals surface area contributed by atoms with Crippen molar-refractivity contribution in [3.8, 4) is 5.75 Å². The molecule has 0 aliphatic rings. The third-order valence-electron chi connectivity index (χ3n) is 1.95. The predicted molar refractivity (Wildman–Crippen MR) is 55.7 cm³/mol. The van der Waals surface area contributed by atoms with Gasteiger partial charge in [-0.05, 0) is 12.1 Å². The average Bonchev–Trinajstić information content (AvgIpc) is 2.26. The van der Waals surface area contributed by atoms with Crippen LogP contribution in [0.3, 0.4) is 0 Å². The van der Waals surface area contributed by atoms with Gasteiger partial charge in [-0.3, -0.25) is 4.79 Å². The molecule has 0 aromatic heterocycles. The van der Waals surface area contributed by atoms with Crippen molar-refractivity contribution in [3.63, 3.8) is 0 Å². The SMILES string of the molecule is COc1cccc(C(=O)NCC(F)F)c1N. The molecule has 4 nitrogen and oxygen atoms in total. The number of amides is 1. The zero-order chi connectivity index (χ0) is 12.1. The Morgan fingerprint density at radius 1 is 1.56 bits per heavy atom. The number of ether oxygens (including phenoxy) is 1. The van der Waals surface area contributed by atoms with Gasteiger partial charge in [0.2, 0.25) is 0 Å². The normalized spacial score (nSPS) is 10.2. The van der Waals surface area contributed by atoms with E-state index in [0.29, 0.717) is 5.75 Å². The highest BCUT2D eigenvalue weighted by Crippen LogP contribution is 2.24. The third kappa shape index (κ3) is 2.82. The molecule has 16 heavy (non-hydrogen) atoms. The zero-order valence-corrected chi connectivity index (χ0v) is 8.67. The third-order valence-corrected chi connectivity index (χ3v) is 1.95. The molecule has 0 heterocycles. The molecule has 0 fully saturated rings. The Morgan fingerprint density at radius 3 is 2.81 bits per heavy atom. The first-order valence-corrected chi connectivity index (χ1v) is 4.55. The highest BCUT2D eigenvalue weighted by atomic mass is 19.3. The van der Waals surface area contributed by atoms with Crippen LogP contribution in [0.25, 0.3) is 0 Å². The molecule has 1 rings (SSSR count). The zero-order valence-electron chi connectivity index (χ0n) is 8.67. The van der Waals surface area contributed by atoms with Crippen molar-refractivity contribution in [2.75, 3.05) is 19.4 Å². The maximum absolute atomic E-state index is 11.9. The summed E-state index contributed by atoms with van der Waals surface area (Å²) in [5, 5.41) is 2.07. The lowest BCUT2D eigenvalue weighted by Gasteiger charge is -2.09. The second kappa shape index (κ2) is 5.29. The van der Waals surface area contributed by atoms with Crippen LogP contribution in [0.5, 0.6) is 5.75 Å². The lowest BCUT2D eigenvalue weighted by atomic mass is 10.1. The van der Waals surface area contributed by atoms with E-state index in [9.17, 15) is 13.6 Å². The van der Waals surface area contributed by atoms with Crippen LogP contribution in [-0.2, 0) is 0 Å². The van der Waals surface area contributed by atoms with Crippen molar-refractivity contribution >= 4 is 11.6 Å². The van der Waals surface area contributed by atoms with Crippen LogP contribution in [0.15, 0.2) is 18.2 Å². The lowest BCUT2D eigenvalue weighted by Crippen LogP contribution is -2.29. The first-order valence-electron chi connectivity index (χ1n) is 4.55. The minimum absolute atomic E-state index is 0.125. The average molecular weight is 230 g/mol. The molecule has 1 amide bonds. The van der Waals surface area contributed by atoms with E-state index in [0.717, 1.165) is 0 Å². The van der Waals surface area contributed by atoms with Gasteiger partial charge in [-0.25, -0.2) is 8.78 Å². The Hall–Kier alpha value is -1.85. The number of carbonyl (C=O) groups is 1. The van der Waals surface area contributed by atoms with Crippen molar-refractivity contribution in [3.05, 3.63) is 23.8 Å². The maximum Gasteiger partial charge on any atom is 0.255 e. The first-order chi connectivity index (χ1) is 7.56. The van der Waals surface area contributed by atoms with E-state index >= 15 is 0 Å². The molecular weight excluding hydrogens is 218 g/mol. The summed E-state index contributed by atoms with van der Waals surface area (Å²) in [6.07, 6.45) is -2.59. The molecule has 0 radical (unpaired) electrons. The number of anilines is 1. The van der Waals surface area contributed by atoms with Gasteiger partial charge in [-0.2, -0.15) is 0 Å². The number of hydrogen-bond acceptors (Lipinski definition) is 3. The molecule has 3 N–H and O–H groups in total. The van der Waals surface area contributed by atoms with Gasteiger partial charge in [0.1, 0.15) is 5.75 Å². The molecule has 88 valence electrons. The summed E-state index contributed by atoms with van der Waals surface area (Å²) in [5.41, 5.74) is 5.89. The van der Waals surface area contributed by atoms with E-state index in [1.54, 1.807) is 12.1 Å². The van der Waals surface area contributed by atoms with Crippen molar-refractivity contribution < 1.29 is 18.3 Å². The fourth-order valence-corrected chi connectivity index (χ4v) is 1.19. The molecule has 6 heteroatoms. The number of carbonyl (C=O) groups excluding carboxylic acids is 1. The Morgan fingerprint density at radius 2 is 2.25 bits per heavy atom. The topological polar surface area (TPSA) is 64.3 Å². The summed E-state index contributed by atoms with van der Waals surface area (Å²) in [5.74, 6) is -0.304. The molecule has 1 aromatic rings. The Labute approximate surface area is 91.4 Å². The van der Waals surface area contributed by atoms with Gasteiger partial charge in [0.25, 0.3) is 12.3 Å². The second-order valence-electron chi connectivity index (χ2n) is 3.02. The molecule has 1 aromatic carbocycles. The van der Waals surface area contributed by atoms with Gasteiger partial charge in [-0.1, -0.05) is 6.07 Å². The van der Waals surface area contributed by atoms with E-state index in [1.165, 1.54) is 13.2 Å². The molecular formula is C10H12F2N2O2. The van der Waals surface area contributed by atoms with Gasteiger partial charge in [0.05, 0.1) is 24.9 Å². The highest BCUT2D eigenvalue weighted by Gasteiger charge is 2.14.